The highest BCUT2D eigenvalue weighted by Crippen LogP contribution is 2.24. The molecule has 0 aliphatic carbocycles. The third-order valence-electron chi connectivity index (χ3n) is 1.87. The largest absolute Gasteiger partial charge is 0.493 e. The van der Waals surface area contributed by atoms with Crippen LogP contribution in [-0.2, 0) is 0 Å². The molecular weight excluding hydrogens is 279 g/mol. The SMILES string of the molecule is CCOc1cc(Cl)ccc1C(=O)CCBr. The summed E-state index contributed by atoms with van der Waals surface area (Å²) >= 11 is 9.07. The van der Waals surface area contributed by atoms with Gasteiger partial charge in [0.25, 0.3) is 0 Å². The maximum Gasteiger partial charge on any atom is 0.167 e. The minimum absolute atomic E-state index is 0.0620. The lowest BCUT2D eigenvalue weighted by Gasteiger charge is -2.09. The summed E-state index contributed by atoms with van der Waals surface area (Å²) in [5.41, 5.74) is 0.598. The molecule has 82 valence electrons. The van der Waals surface area contributed by atoms with E-state index < -0.39 is 0 Å². The normalized spacial score (nSPS) is 10.1. The van der Waals surface area contributed by atoms with Crippen LogP contribution in [0.1, 0.15) is 23.7 Å². The first-order valence-electron chi connectivity index (χ1n) is 4.70. The fraction of sp³-hybridized carbons (Fsp3) is 0.364. The van der Waals surface area contributed by atoms with Crippen molar-refractivity contribution in [1.82, 2.24) is 0 Å². The summed E-state index contributed by atoms with van der Waals surface area (Å²) in [6.45, 7) is 2.40. The van der Waals surface area contributed by atoms with Crippen molar-refractivity contribution in [3.63, 3.8) is 0 Å². The van der Waals surface area contributed by atoms with E-state index in [-0.39, 0.29) is 5.78 Å². The molecule has 0 N–H and O–H groups in total. The molecule has 15 heavy (non-hydrogen) atoms. The third kappa shape index (κ3) is 3.50. The van der Waals surface area contributed by atoms with E-state index in [1.54, 1.807) is 18.2 Å². The molecular formula is C11H12BrClO2. The quantitative estimate of drug-likeness (QED) is 0.611. The van der Waals surface area contributed by atoms with Gasteiger partial charge in [0, 0.05) is 16.8 Å². The molecule has 4 heteroatoms. The summed E-state index contributed by atoms with van der Waals surface area (Å²) in [5, 5.41) is 1.23. The van der Waals surface area contributed by atoms with Crippen molar-refractivity contribution >= 4 is 33.3 Å². The van der Waals surface area contributed by atoms with Crippen LogP contribution in [0.4, 0.5) is 0 Å². The first-order chi connectivity index (χ1) is 7.19. The second kappa shape index (κ2) is 6.13. The number of ether oxygens (including phenoxy) is 1. The lowest BCUT2D eigenvalue weighted by atomic mass is 10.1. The van der Waals surface area contributed by atoms with Gasteiger partial charge in [-0.15, -0.1) is 0 Å². The first-order valence-corrected chi connectivity index (χ1v) is 6.20. The van der Waals surface area contributed by atoms with Crippen LogP contribution in [0, 0.1) is 0 Å². The average molecular weight is 292 g/mol. The van der Waals surface area contributed by atoms with Crippen LogP contribution in [0.3, 0.4) is 0 Å². The summed E-state index contributed by atoms with van der Waals surface area (Å²) in [6, 6.07) is 5.08. The van der Waals surface area contributed by atoms with Crippen molar-refractivity contribution < 1.29 is 9.53 Å². The molecule has 0 unspecified atom stereocenters. The van der Waals surface area contributed by atoms with Crippen molar-refractivity contribution in [3.05, 3.63) is 28.8 Å². The van der Waals surface area contributed by atoms with Gasteiger partial charge in [-0.3, -0.25) is 4.79 Å². The van der Waals surface area contributed by atoms with Crippen molar-refractivity contribution in [3.8, 4) is 5.75 Å². The number of ketones is 1. The molecule has 0 saturated carbocycles. The number of benzene rings is 1. The molecule has 0 heterocycles. The minimum atomic E-state index is 0.0620. The maximum atomic E-state index is 11.7. The fourth-order valence-electron chi connectivity index (χ4n) is 1.22. The molecule has 0 bridgehead atoms. The van der Waals surface area contributed by atoms with Crippen LogP contribution in [0.5, 0.6) is 5.75 Å². The lowest BCUT2D eigenvalue weighted by molar-refractivity contribution is 0.0986. The van der Waals surface area contributed by atoms with Gasteiger partial charge in [-0.2, -0.15) is 0 Å². The molecule has 0 fully saturated rings. The predicted molar refractivity (Wildman–Crippen MR) is 65.4 cm³/mol. The molecule has 0 atom stereocenters. The number of carbonyl (C=O) groups excluding carboxylic acids is 1. The molecule has 1 aromatic carbocycles. The first kappa shape index (κ1) is 12.5. The average Bonchev–Trinajstić information content (AvgIpc) is 2.18. The van der Waals surface area contributed by atoms with Crippen molar-refractivity contribution in [1.29, 1.82) is 0 Å². The van der Waals surface area contributed by atoms with E-state index in [4.69, 9.17) is 16.3 Å². The summed E-state index contributed by atoms with van der Waals surface area (Å²) in [6.07, 6.45) is 0.460. The van der Waals surface area contributed by atoms with Crippen LogP contribution < -0.4 is 4.74 Å². The number of Topliss-reactive ketones (excluding diaryl/α,β-unsaturated/α-hetero) is 1. The van der Waals surface area contributed by atoms with Crippen LogP contribution in [0.2, 0.25) is 5.02 Å². The zero-order valence-electron chi connectivity index (χ0n) is 8.43. The smallest absolute Gasteiger partial charge is 0.167 e. The highest BCUT2D eigenvalue weighted by Gasteiger charge is 2.11. The van der Waals surface area contributed by atoms with E-state index in [1.807, 2.05) is 6.92 Å². The number of rotatable bonds is 5. The number of halogens is 2. The zero-order chi connectivity index (χ0) is 11.3. The fourth-order valence-corrected chi connectivity index (χ4v) is 1.74. The van der Waals surface area contributed by atoms with Crippen molar-refractivity contribution in [2.75, 3.05) is 11.9 Å². The van der Waals surface area contributed by atoms with Crippen LogP contribution >= 0.6 is 27.5 Å². The Hall–Kier alpha value is -0.540. The third-order valence-corrected chi connectivity index (χ3v) is 2.50. The Labute approximate surface area is 103 Å². The van der Waals surface area contributed by atoms with Gasteiger partial charge in [-0.25, -0.2) is 0 Å². The second-order valence-corrected chi connectivity index (χ2v) is 4.17. The molecule has 0 aliphatic rings. The minimum Gasteiger partial charge on any atom is -0.493 e. The van der Waals surface area contributed by atoms with Gasteiger partial charge in [0.15, 0.2) is 5.78 Å². The van der Waals surface area contributed by atoms with Crippen LogP contribution in [0.15, 0.2) is 18.2 Å². The van der Waals surface area contributed by atoms with E-state index in [1.165, 1.54) is 0 Å². The molecule has 0 amide bonds. The monoisotopic (exact) mass is 290 g/mol. The van der Waals surface area contributed by atoms with Crippen LogP contribution in [-0.4, -0.2) is 17.7 Å². The van der Waals surface area contributed by atoms with Gasteiger partial charge in [-0.05, 0) is 25.1 Å². The summed E-state index contributed by atoms with van der Waals surface area (Å²) in [7, 11) is 0. The van der Waals surface area contributed by atoms with Gasteiger partial charge in [0.2, 0.25) is 0 Å². The molecule has 0 aromatic heterocycles. The summed E-state index contributed by atoms with van der Waals surface area (Å²) in [5.74, 6) is 0.628. The molecule has 0 aliphatic heterocycles. The van der Waals surface area contributed by atoms with Gasteiger partial charge in [0.1, 0.15) is 5.75 Å². The van der Waals surface area contributed by atoms with E-state index in [0.29, 0.717) is 34.7 Å². The molecule has 0 radical (unpaired) electrons. The Morgan fingerprint density at radius 3 is 2.87 bits per heavy atom. The van der Waals surface area contributed by atoms with E-state index in [2.05, 4.69) is 15.9 Å². The molecule has 1 rings (SSSR count). The maximum absolute atomic E-state index is 11.7. The standard InChI is InChI=1S/C11H12BrClO2/c1-2-15-11-7-8(13)3-4-9(11)10(14)5-6-12/h3-4,7H,2,5-6H2,1H3. The summed E-state index contributed by atoms with van der Waals surface area (Å²) < 4.78 is 5.36. The highest BCUT2D eigenvalue weighted by molar-refractivity contribution is 9.09. The number of hydrogen-bond donors (Lipinski definition) is 0. The number of hydrogen-bond acceptors (Lipinski definition) is 2. The second-order valence-electron chi connectivity index (χ2n) is 2.94. The lowest BCUT2D eigenvalue weighted by Crippen LogP contribution is -2.04. The predicted octanol–water partition coefficient (Wildman–Crippen LogP) is 3.71. The Morgan fingerprint density at radius 1 is 1.53 bits per heavy atom. The van der Waals surface area contributed by atoms with Crippen molar-refractivity contribution in [2.24, 2.45) is 0 Å². The number of alkyl halides is 1. The summed E-state index contributed by atoms with van der Waals surface area (Å²) in [4.78, 5) is 11.7. The molecule has 2 nitrogen and oxygen atoms in total. The van der Waals surface area contributed by atoms with E-state index in [9.17, 15) is 4.79 Å². The topological polar surface area (TPSA) is 26.3 Å². The van der Waals surface area contributed by atoms with E-state index in [0.717, 1.165) is 0 Å². The molecule has 1 aromatic rings. The highest BCUT2D eigenvalue weighted by atomic mass is 79.9. The number of carbonyl (C=O) groups is 1. The van der Waals surface area contributed by atoms with Crippen molar-refractivity contribution in [2.45, 2.75) is 13.3 Å². The Balaban J connectivity index is 2.99. The zero-order valence-corrected chi connectivity index (χ0v) is 10.8. The van der Waals surface area contributed by atoms with E-state index >= 15 is 0 Å². The van der Waals surface area contributed by atoms with Gasteiger partial charge in [-0.1, -0.05) is 27.5 Å². The Morgan fingerprint density at radius 2 is 2.27 bits per heavy atom. The Kier molecular flexibility index (Phi) is 5.12. The van der Waals surface area contributed by atoms with Crippen LogP contribution in [0.25, 0.3) is 0 Å². The molecule has 0 saturated heterocycles. The van der Waals surface area contributed by atoms with Gasteiger partial charge >= 0.3 is 0 Å². The Bertz CT molecular complexity index is 352. The van der Waals surface area contributed by atoms with Gasteiger partial charge < -0.3 is 4.74 Å². The van der Waals surface area contributed by atoms with Gasteiger partial charge in [0.05, 0.1) is 12.2 Å². The molecule has 0 spiro atoms.